The predicted octanol–water partition coefficient (Wildman–Crippen LogP) is 3.86. The maximum atomic E-state index is 13.4. The number of pyridine rings is 1. The third-order valence-corrected chi connectivity index (χ3v) is 3.78. The number of phenols is 1. The number of nitrogens with two attached hydrogens (primary N) is 1. The van der Waals surface area contributed by atoms with E-state index in [1.165, 1.54) is 18.2 Å². The molecule has 4 N–H and O–H groups in total. The fourth-order valence-electron chi connectivity index (χ4n) is 2.46. The molecule has 0 unspecified atom stereocenters. The molecule has 6 heteroatoms. The number of oxime groups is 1. The lowest BCUT2D eigenvalue weighted by molar-refractivity contribution is 0.318. The summed E-state index contributed by atoms with van der Waals surface area (Å²) >= 11 is 0. The van der Waals surface area contributed by atoms with E-state index >= 15 is 0 Å². The highest BCUT2D eigenvalue weighted by Crippen LogP contribution is 2.28. The zero-order valence-electron chi connectivity index (χ0n) is 13.7. The van der Waals surface area contributed by atoms with E-state index in [0.29, 0.717) is 16.8 Å². The first-order valence-corrected chi connectivity index (χ1v) is 7.78. The molecule has 0 aliphatic carbocycles. The first-order chi connectivity index (χ1) is 12.6. The zero-order valence-corrected chi connectivity index (χ0v) is 13.7. The number of aromatic nitrogens is 1. The molecule has 1 heterocycles. The fraction of sp³-hybridized carbons (Fsp3) is 0. The molecule has 5 nitrogen and oxygen atoms in total. The van der Waals surface area contributed by atoms with Crippen molar-refractivity contribution in [3.05, 3.63) is 83.3 Å². The van der Waals surface area contributed by atoms with E-state index in [9.17, 15) is 9.50 Å². The van der Waals surface area contributed by atoms with Crippen molar-refractivity contribution in [2.75, 3.05) is 0 Å². The molecule has 0 aliphatic rings. The molecule has 2 aromatic carbocycles. The van der Waals surface area contributed by atoms with Crippen molar-refractivity contribution in [3.63, 3.8) is 0 Å². The van der Waals surface area contributed by atoms with Crippen molar-refractivity contribution in [2.24, 2.45) is 10.9 Å². The van der Waals surface area contributed by atoms with Gasteiger partial charge in [-0.1, -0.05) is 35.5 Å². The molecule has 3 rings (SSSR count). The van der Waals surface area contributed by atoms with Crippen LogP contribution in [0.3, 0.4) is 0 Å². The number of rotatable bonds is 4. The number of amidine groups is 1. The van der Waals surface area contributed by atoms with Crippen LogP contribution >= 0.6 is 0 Å². The van der Waals surface area contributed by atoms with Crippen LogP contribution in [-0.2, 0) is 0 Å². The maximum absolute atomic E-state index is 13.4. The Morgan fingerprint density at radius 2 is 1.81 bits per heavy atom. The van der Waals surface area contributed by atoms with Gasteiger partial charge in [0, 0.05) is 17.3 Å². The van der Waals surface area contributed by atoms with Crippen molar-refractivity contribution in [1.82, 2.24) is 4.98 Å². The van der Waals surface area contributed by atoms with Gasteiger partial charge in [0.15, 0.2) is 5.84 Å². The largest absolute Gasteiger partial charge is 0.507 e. The maximum Gasteiger partial charge on any atom is 0.170 e. The van der Waals surface area contributed by atoms with Crippen LogP contribution < -0.4 is 5.73 Å². The van der Waals surface area contributed by atoms with Gasteiger partial charge in [-0.15, -0.1) is 0 Å². The van der Waals surface area contributed by atoms with Gasteiger partial charge in [0.05, 0.1) is 5.69 Å². The quantitative estimate of drug-likeness (QED) is 0.289. The molecule has 130 valence electrons. The number of benzene rings is 2. The Labute approximate surface area is 149 Å². The fourth-order valence-corrected chi connectivity index (χ4v) is 2.46. The Balaban J connectivity index is 1.90. The number of aromatic hydroxyl groups is 1. The van der Waals surface area contributed by atoms with Crippen molar-refractivity contribution in [2.45, 2.75) is 0 Å². The molecule has 0 saturated carbocycles. The third-order valence-electron chi connectivity index (χ3n) is 3.78. The summed E-state index contributed by atoms with van der Waals surface area (Å²) < 4.78 is 13.4. The highest BCUT2D eigenvalue weighted by molar-refractivity contribution is 5.97. The van der Waals surface area contributed by atoms with E-state index in [-0.39, 0.29) is 11.6 Å². The molecule has 3 aromatic rings. The first kappa shape index (κ1) is 17.2. The Hall–Kier alpha value is -3.67. The van der Waals surface area contributed by atoms with Crippen LogP contribution in [0.5, 0.6) is 5.75 Å². The number of hydrogen-bond acceptors (Lipinski definition) is 4. The van der Waals surface area contributed by atoms with Gasteiger partial charge in [-0.3, -0.25) is 4.98 Å². The van der Waals surface area contributed by atoms with Gasteiger partial charge in [0.1, 0.15) is 11.6 Å². The second-order valence-corrected chi connectivity index (χ2v) is 5.58. The summed E-state index contributed by atoms with van der Waals surface area (Å²) in [6.45, 7) is 0. The summed E-state index contributed by atoms with van der Waals surface area (Å²) in [6, 6.07) is 14.5. The molecular weight excluding hydrogens is 333 g/mol. The molecule has 0 atom stereocenters. The molecule has 0 aliphatic heterocycles. The normalized spacial score (nSPS) is 11.8. The molecule has 0 spiro atoms. The van der Waals surface area contributed by atoms with E-state index in [1.54, 1.807) is 36.5 Å². The predicted molar refractivity (Wildman–Crippen MR) is 99.2 cm³/mol. The molecule has 0 fully saturated rings. The number of hydrogen-bond donors (Lipinski definition) is 3. The van der Waals surface area contributed by atoms with Crippen LogP contribution in [0, 0.1) is 5.82 Å². The van der Waals surface area contributed by atoms with Crippen LogP contribution in [0.2, 0.25) is 0 Å². The Bertz CT molecular complexity index is 1000. The van der Waals surface area contributed by atoms with Crippen LogP contribution in [0.4, 0.5) is 4.39 Å². The van der Waals surface area contributed by atoms with Crippen molar-refractivity contribution >= 4 is 18.0 Å². The summed E-state index contributed by atoms with van der Waals surface area (Å²) in [6.07, 6.45) is 5.30. The summed E-state index contributed by atoms with van der Waals surface area (Å²) in [5, 5.41) is 21.7. The number of halogens is 1. The van der Waals surface area contributed by atoms with Gasteiger partial charge in [0.25, 0.3) is 0 Å². The van der Waals surface area contributed by atoms with E-state index in [0.717, 1.165) is 11.1 Å². The molecule has 0 bridgehead atoms. The molecule has 26 heavy (non-hydrogen) atoms. The summed E-state index contributed by atoms with van der Waals surface area (Å²) in [7, 11) is 0. The van der Waals surface area contributed by atoms with Crippen LogP contribution in [0.25, 0.3) is 23.4 Å². The topological polar surface area (TPSA) is 91.7 Å². The first-order valence-electron chi connectivity index (χ1n) is 7.78. The highest BCUT2D eigenvalue weighted by atomic mass is 19.1. The standard InChI is InChI=1S/C20H16FN3O2/c21-16-6-7-19(25)17(12-16)18-11-14(8-9-23-18)5-4-13-2-1-3-15(10-13)20(22)24-26/h1-12,25-26H,(H2,22,24)/b5-4+. The SMILES string of the molecule is N/C(=N\O)c1cccc(/C=C/c2ccnc(-c3cc(F)ccc3O)c2)c1. The minimum atomic E-state index is -0.444. The van der Waals surface area contributed by atoms with Gasteiger partial charge >= 0.3 is 0 Å². The number of phenolic OH excluding ortho intramolecular Hbond substituents is 1. The Morgan fingerprint density at radius 1 is 1.04 bits per heavy atom. The number of nitrogens with zero attached hydrogens (tertiary/aromatic N) is 2. The third kappa shape index (κ3) is 3.87. The minimum absolute atomic E-state index is 0.0352. The van der Waals surface area contributed by atoms with Crippen molar-refractivity contribution < 1.29 is 14.7 Å². The molecule has 0 saturated heterocycles. The summed E-state index contributed by atoms with van der Waals surface area (Å²) in [5.74, 6) is -0.444. The molecule has 1 aromatic heterocycles. The minimum Gasteiger partial charge on any atom is -0.507 e. The summed E-state index contributed by atoms with van der Waals surface area (Å²) in [5.41, 5.74) is 8.68. The van der Waals surface area contributed by atoms with Crippen LogP contribution in [0.1, 0.15) is 16.7 Å². The van der Waals surface area contributed by atoms with Gasteiger partial charge in [-0.05, 0) is 47.5 Å². The second-order valence-electron chi connectivity index (χ2n) is 5.58. The average molecular weight is 349 g/mol. The van der Waals surface area contributed by atoms with E-state index in [1.807, 2.05) is 18.2 Å². The Kier molecular flexibility index (Phi) is 4.94. The van der Waals surface area contributed by atoms with Crippen molar-refractivity contribution in [3.8, 4) is 17.0 Å². The second kappa shape index (κ2) is 7.48. The lowest BCUT2D eigenvalue weighted by Gasteiger charge is -2.05. The Morgan fingerprint density at radius 3 is 2.58 bits per heavy atom. The molecule has 0 amide bonds. The van der Waals surface area contributed by atoms with Crippen molar-refractivity contribution in [1.29, 1.82) is 0 Å². The zero-order chi connectivity index (χ0) is 18.5. The molecule has 0 radical (unpaired) electrons. The van der Waals surface area contributed by atoms with E-state index in [2.05, 4.69) is 10.1 Å². The monoisotopic (exact) mass is 349 g/mol. The van der Waals surface area contributed by atoms with Crippen LogP contribution in [-0.4, -0.2) is 21.1 Å². The van der Waals surface area contributed by atoms with Crippen LogP contribution in [0.15, 0.2) is 65.9 Å². The van der Waals surface area contributed by atoms with Gasteiger partial charge < -0.3 is 16.0 Å². The average Bonchev–Trinajstić information content (AvgIpc) is 2.68. The van der Waals surface area contributed by atoms with E-state index in [4.69, 9.17) is 10.9 Å². The lowest BCUT2D eigenvalue weighted by Crippen LogP contribution is -2.12. The summed E-state index contributed by atoms with van der Waals surface area (Å²) in [4.78, 5) is 4.19. The van der Waals surface area contributed by atoms with Gasteiger partial charge in [-0.2, -0.15) is 0 Å². The van der Waals surface area contributed by atoms with E-state index < -0.39 is 5.82 Å². The van der Waals surface area contributed by atoms with Gasteiger partial charge in [0.2, 0.25) is 0 Å². The highest BCUT2D eigenvalue weighted by Gasteiger charge is 2.07. The molecular formula is C20H16FN3O2. The van der Waals surface area contributed by atoms with Gasteiger partial charge in [-0.25, -0.2) is 4.39 Å². The lowest BCUT2D eigenvalue weighted by atomic mass is 10.1. The smallest absolute Gasteiger partial charge is 0.170 e.